The first-order chi connectivity index (χ1) is 12.6. The first-order valence-corrected chi connectivity index (χ1v) is 8.66. The molecule has 0 aliphatic carbocycles. The molecule has 2 atom stereocenters. The Kier molecular flexibility index (Phi) is 4.16. The number of nitrogens with one attached hydrogen (secondary N) is 2. The molecule has 2 heterocycles. The highest BCUT2D eigenvalue weighted by atomic mass is 16.2. The first-order valence-electron chi connectivity index (χ1n) is 8.66. The zero-order chi connectivity index (χ0) is 18.1. The summed E-state index contributed by atoms with van der Waals surface area (Å²) < 4.78 is 0. The lowest BCUT2D eigenvalue weighted by molar-refractivity contribution is -0.128. The molecule has 3 aromatic rings. The van der Waals surface area contributed by atoms with E-state index in [2.05, 4.69) is 15.3 Å². The van der Waals surface area contributed by atoms with Crippen LogP contribution in [0.2, 0.25) is 0 Å². The molecule has 2 amide bonds. The molecule has 1 fully saturated rings. The molecule has 1 aliphatic heterocycles. The summed E-state index contributed by atoms with van der Waals surface area (Å²) in [5.74, 6) is 0.230. The first kappa shape index (κ1) is 16.3. The predicted octanol–water partition coefficient (Wildman–Crippen LogP) is 2.25. The molecule has 6 heteroatoms. The summed E-state index contributed by atoms with van der Waals surface area (Å²) in [5, 5.41) is 3.08. The van der Waals surface area contributed by atoms with Crippen molar-refractivity contribution in [2.24, 2.45) is 5.92 Å². The summed E-state index contributed by atoms with van der Waals surface area (Å²) in [6, 6.07) is 17.1. The Labute approximate surface area is 151 Å². The van der Waals surface area contributed by atoms with Crippen molar-refractivity contribution in [3.63, 3.8) is 0 Å². The largest absolute Gasteiger partial charge is 0.345 e. The van der Waals surface area contributed by atoms with Crippen molar-refractivity contribution in [2.75, 3.05) is 13.6 Å². The lowest BCUT2D eigenvalue weighted by Crippen LogP contribution is -2.36. The van der Waals surface area contributed by atoms with E-state index >= 15 is 0 Å². The Hall–Kier alpha value is -3.15. The van der Waals surface area contributed by atoms with Gasteiger partial charge in [0.2, 0.25) is 11.8 Å². The van der Waals surface area contributed by atoms with E-state index in [-0.39, 0.29) is 24.2 Å². The number of fused-ring (bicyclic) bond motifs is 1. The number of aromatic nitrogens is 2. The van der Waals surface area contributed by atoms with E-state index in [0.29, 0.717) is 12.4 Å². The second-order valence-electron chi connectivity index (χ2n) is 6.67. The smallest absolute Gasteiger partial charge is 0.226 e. The van der Waals surface area contributed by atoms with E-state index < -0.39 is 6.04 Å². The van der Waals surface area contributed by atoms with Crippen molar-refractivity contribution in [2.45, 2.75) is 12.5 Å². The normalized spacial score (nSPS) is 18.3. The molecular formula is C20H20N4O2. The van der Waals surface area contributed by atoms with Gasteiger partial charge in [0.25, 0.3) is 0 Å². The van der Waals surface area contributed by atoms with Crippen LogP contribution in [0.25, 0.3) is 11.0 Å². The molecule has 0 unspecified atom stereocenters. The van der Waals surface area contributed by atoms with Crippen LogP contribution in [-0.4, -0.2) is 40.3 Å². The monoisotopic (exact) mass is 348 g/mol. The van der Waals surface area contributed by atoms with Crippen LogP contribution in [0.4, 0.5) is 0 Å². The van der Waals surface area contributed by atoms with Gasteiger partial charge in [0.1, 0.15) is 11.9 Å². The van der Waals surface area contributed by atoms with Crippen molar-refractivity contribution < 1.29 is 9.59 Å². The molecular weight excluding hydrogens is 328 g/mol. The summed E-state index contributed by atoms with van der Waals surface area (Å²) in [5.41, 5.74) is 2.72. The van der Waals surface area contributed by atoms with Crippen LogP contribution in [0.1, 0.15) is 23.9 Å². The van der Waals surface area contributed by atoms with Crippen LogP contribution in [0.3, 0.4) is 0 Å². The van der Waals surface area contributed by atoms with E-state index in [1.165, 1.54) is 0 Å². The maximum Gasteiger partial charge on any atom is 0.226 e. The number of hydrogen-bond acceptors (Lipinski definition) is 3. The molecule has 2 aromatic carbocycles. The van der Waals surface area contributed by atoms with E-state index in [1.54, 1.807) is 11.9 Å². The van der Waals surface area contributed by atoms with Gasteiger partial charge in [0, 0.05) is 20.0 Å². The minimum atomic E-state index is -0.392. The Bertz CT molecular complexity index is 918. The van der Waals surface area contributed by atoms with E-state index in [4.69, 9.17) is 0 Å². The number of carbonyl (C=O) groups excluding carboxylic acids is 2. The lowest BCUT2D eigenvalue weighted by atomic mass is 10.0. The molecule has 0 saturated carbocycles. The summed E-state index contributed by atoms with van der Waals surface area (Å²) >= 11 is 0. The van der Waals surface area contributed by atoms with E-state index in [1.807, 2.05) is 54.6 Å². The summed E-state index contributed by atoms with van der Waals surface area (Å²) in [6.45, 7) is 0.451. The third-order valence-corrected chi connectivity index (χ3v) is 4.81. The Morgan fingerprint density at radius 3 is 2.62 bits per heavy atom. The molecule has 0 bridgehead atoms. The Balaban J connectivity index is 1.65. The van der Waals surface area contributed by atoms with Gasteiger partial charge in [-0.1, -0.05) is 42.5 Å². The van der Waals surface area contributed by atoms with Crippen molar-refractivity contribution in [3.05, 3.63) is 66.0 Å². The molecule has 1 aromatic heterocycles. The number of H-pyrrole nitrogens is 1. The van der Waals surface area contributed by atoms with Crippen LogP contribution in [0, 0.1) is 5.92 Å². The highest BCUT2D eigenvalue weighted by molar-refractivity contribution is 5.89. The van der Waals surface area contributed by atoms with E-state index in [0.717, 1.165) is 16.6 Å². The number of carbonyl (C=O) groups is 2. The fraction of sp³-hybridized carbons (Fsp3) is 0.250. The van der Waals surface area contributed by atoms with Gasteiger partial charge in [-0.25, -0.2) is 4.98 Å². The summed E-state index contributed by atoms with van der Waals surface area (Å²) in [6.07, 6.45) is 0.254. The number of rotatable bonds is 4. The molecule has 6 nitrogen and oxygen atoms in total. The standard InChI is InChI=1S/C20H20N4O2/c1-24-12-14(11-17(24)25)20(26)23-18(13-7-3-2-4-8-13)19-21-15-9-5-6-10-16(15)22-19/h2-10,14,18H,11-12H2,1H3,(H,21,22)(H,23,26)/t14-,18-/m1/s1. The number of para-hydroxylation sites is 2. The predicted molar refractivity (Wildman–Crippen MR) is 98.3 cm³/mol. The van der Waals surface area contributed by atoms with Crippen molar-refractivity contribution in [1.29, 1.82) is 0 Å². The molecule has 26 heavy (non-hydrogen) atoms. The Morgan fingerprint density at radius 2 is 1.92 bits per heavy atom. The minimum Gasteiger partial charge on any atom is -0.345 e. The van der Waals surface area contributed by atoms with Gasteiger partial charge in [-0.2, -0.15) is 0 Å². The van der Waals surface area contributed by atoms with Gasteiger partial charge >= 0.3 is 0 Å². The number of benzene rings is 2. The van der Waals surface area contributed by atoms with E-state index in [9.17, 15) is 9.59 Å². The van der Waals surface area contributed by atoms with Crippen molar-refractivity contribution in [3.8, 4) is 0 Å². The van der Waals surface area contributed by atoms with Crippen molar-refractivity contribution in [1.82, 2.24) is 20.2 Å². The quantitative estimate of drug-likeness (QED) is 0.759. The van der Waals surface area contributed by atoms with Crippen LogP contribution in [0.5, 0.6) is 0 Å². The fourth-order valence-electron chi connectivity index (χ4n) is 3.36. The SMILES string of the molecule is CN1C[C@H](C(=O)N[C@H](c2ccccc2)c2nc3ccccc3[nH]2)CC1=O. The summed E-state index contributed by atoms with van der Waals surface area (Å²) in [7, 11) is 1.73. The highest BCUT2D eigenvalue weighted by Crippen LogP contribution is 2.24. The second kappa shape index (κ2) is 6.63. The maximum absolute atomic E-state index is 12.8. The number of likely N-dealkylation sites (tertiary alicyclic amines) is 1. The molecule has 0 spiro atoms. The van der Waals surface area contributed by atoms with Gasteiger partial charge in [-0.05, 0) is 17.7 Å². The topological polar surface area (TPSA) is 78.1 Å². The summed E-state index contributed by atoms with van der Waals surface area (Å²) in [4.78, 5) is 34.1. The van der Waals surface area contributed by atoms with Crippen molar-refractivity contribution >= 4 is 22.8 Å². The molecule has 132 valence electrons. The zero-order valence-corrected chi connectivity index (χ0v) is 14.5. The molecule has 4 rings (SSSR count). The van der Waals surface area contributed by atoms with Gasteiger partial charge in [-0.15, -0.1) is 0 Å². The zero-order valence-electron chi connectivity index (χ0n) is 14.5. The highest BCUT2D eigenvalue weighted by Gasteiger charge is 2.33. The average molecular weight is 348 g/mol. The maximum atomic E-state index is 12.8. The third kappa shape index (κ3) is 3.06. The molecule has 0 radical (unpaired) electrons. The fourth-order valence-corrected chi connectivity index (χ4v) is 3.36. The minimum absolute atomic E-state index is 0.00477. The number of hydrogen-bond donors (Lipinski definition) is 2. The Morgan fingerprint density at radius 1 is 1.19 bits per heavy atom. The van der Waals surface area contributed by atoms with Crippen LogP contribution < -0.4 is 5.32 Å². The molecule has 1 saturated heterocycles. The average Bonchev–Trinajstić information content (AvgIpc) is 3.23. The lowest BCUT2D eigenvalue weighted by Gasteiger charge is -2.19. The third-order valence-electron chi connectivity index (χ3n) is 4.81. The molecule has 1 aliphatic rings. The number of amides is 2. The van der Waals surface area contributed by atoms with Crippen LogP contribution in [-0.2, 0) is 9.59 Å². The van der Waals surface area contributed by atoms with Crippen LogP contribution >= 0.6 is 0 Å². The number of nitrogens with zero attached hydrogens (tertiary/aromatic N) is 2. The van der Waals surface area contributed by atoms with Crippen LogP contribution in [0.15, 0.2) is 54.6 Å². The molecule has 2 N–H and O–H groups in total. The second-order valence-corrected chi connectivity index (χ2v) is 6.67. The number of imidazole rings is 1. The van der Waals surface area contributed by atoms with Gasteiger partial charge in [0.15, 0.2) is 0 Å². The van der Waals surface area contributed by atoms with Gasteiger partial charge in [0.05, 0.1) is 17.0 Å². The van der Waals surface area contributed by atoms with Gasteiger partial charge < -0.3 is 15.2 Å². The number of aromatic amines is 1. The van der Waals surface area contributed by atoms with Gasteiger partial charge in [-0.3, -0.25) is 9.59 Å².